The molecule has 2 heterocycles. The predicted molar refractivity (Wildman–Crippen MR) is 68.5 cm³/mol. The molecule has 3 rings (SSSR count). The van der Waals surface area contributed by atoms with Crippen LogP contribution in [0.1, 0.15) is 5.89 Å². The fraction of sp³-hybridized carbons (Fsp3) is 0.385. The van der Waals surface area contributed by atoms with Crippen molar-refractivity contribution in [2.45, 2.75) is 6.92 Å². The SMILES string of the molecule is Cc1nc2cc(N(C)C(=O)C3CNC3)ccc2o1. The van der Waals surface area contributed by atoms with Gasteiger partial charge in [-0.15, -0.1) is 0 Å². The highest BCUT2D eigenvalue weighted by Gasteiger charge is 2.28. The Morgan fingerprint density at radius 3 is 2.94 bits per heavy atom. The number of carbonyl (C=O) groups excluding carboxylic acids is 1. The van der Waals surface area contributed by atoms with Crippen LogP contribution in [0.25, 0.3) is 11.1 Å². The predicted octanol–water partition coefficient (Wildman–Crippen LogP) is 1.32. The number of anilines is 1. The number of amides is 1. The van der Waals surface area contributed by atoms with Gasteiger partial charge in [0.05, 0.1) is 5.92 Å². The van der Waals surface area contributed by atoms with Gasteiger partial charge in [0.25, 0.3) is 0 Å². The molecule has 2 aromatic rings. The first kappa shape index (κ1) is 11.2. The van der Waals surface area contributed by atoms with Crippen LogP contribution in [-0.2, 0) is 4.79 Å². The van der Waals surface area contributed by atoms with Crippen molar-refractivity contribution in [2.75, 3.05) is 25.0 Å². The van der Waals surface area contributed by atoms with Crippen LogP contribution in [0.4, 0.5) is 5.69 Å². The van der Waals surface area contributed by atoms with E-state index in [2.05, 4.69) is 10.3 Å². The van der Waals surface area contributed by atoms with Gasteiger partial charge in [-0.25, -0.2) is 4.98 Å². The number of oxazole rings is 1. The van der Waals surface area contributed by atoms with Crippen molar-refractivity contribution >= 4 is 22.7 Å². The first-order valence-corrected chi connectivity index (χ1v) is 6.00. The molecule has 0 radical (unpaired) electrons. The molecular formula is C13H15N3O2. The topological polar surface area (TPSA) is 58.4 Å². The van der Waals surface area contributed by atoms with Crippen LogP contribution in [0.2, 0.25) is 0 Å². The molecule has 1 aromatic heterocycles. The Balaban J connectivity index is 1.90. The molecule has 1 aliphatic rings. The Labute approximate surface area is 105 Å². The van der Waals surface area contributed by atoms with Crippen molar-refractivity contribution in [3.63, 3.8) is 0 Å². The van der Waals surface area contributed by atoms with Crippen molar-refractivity contribution < 1.29 is 9.21 Å². The van der Waals surface area contributed by atoms with Crippen LogP contribution in [0.5, 0.6) is 0 Å². The second-order valence-corrected chi connectivity index (χ2v) is 4.64. The minimum atomic E-state index is 0.102. The van der Waals surface area contributed by atoms with Gasteiger partial charge in [-0.3, -0.25) is 4.79 Å². The lowest BCUT2D eigenvalue weighted by atomic mass is 10.0. The van der Waals surface area contributed by atoms with Gasteiger partial charge in [0, 0.05) is 32.7 Å². The highest BCUT2D eigenvalue weighted by molar-refractivity contribution is 5.96. The van der Waals surface area contributed by atoms with E-state index in [1.165, 1.54) is 0 Å². The summed E-state index contributed by atoms with van der Waals surface area (Å²) in [7, 11) is 1.80. The van der Waals surface area contributed by atoms with Crippen molar-refractivity contribution in [1.82, 2.24) is 10.3 Å². The number of hydrogen-bond acceptors (Lipinski definition) is 4. The maximum absolute atomic E-state index is 12.1. The monoisotopic (exact) mass is 245 g/mol. The number of fused-ring (bicyclic) bond motifs is 1. The van der Waals surface area contributed by atoms with Crippen LogP contribution < -0.4 is 10.2 Å². The zero-order chi connectivity index (χ0) is 12.7. The Morgan fingerprint density at radius 2 is 2.28 bits per heavy atom. The van der Waals surface area contributed by atoms with Crippen LogP contribution in [-0.4, -0.2) is 31.0 Å². The molecule has 1 fully saturated rings. The van der Waals surface area contributed by atoms with Gasteiger partial charge in [0.1, 0.15) is 5.52 Å². The van der Waals surface area contributed by atoms with Crippen LogP contribution in [0.3, 0.4) is 0 Å². The maximum Gasteiger partial charge on any atom is 0.232 e. The van der Waals surface area contributed by atoms with E-state index in [0.717, 1.165) is 29.9 Å². The molecule has 94 valence electrons. The van der Waals surface area contributed by atoms with E-state index in [1.54, 1.807) is 11.9 Å². The second kappa shape index (κ2) is 4.10. The summed E-state index contributed by atoms with van der Waals surface area (Å²) in [4.78, 5) is 18.1. The van der Waals surface area contributed by atoms with E-state index in [1.807, 2.05) is 25.1 Å². The van der Waals surface area contributed by atoms with Crippen molar-refractivity contribution in [2.24, 2.45) is 5.92 Å². The number of nitrogens with one attached hydrogen (secondary N) is 1. The van der Waals surface area contributed by atoms with E-state index in [-0.39, 0.29) is 11.8 Å². The molecule has 0 saturated carbocycles. The number of rotatable bonds is 2. The summed E-state index contributed by atoms with van der Waals surface area (Å²) in [5, 5.41) is 3.11. The smallest absolute Gasteiger partial charge is 0.232 e. The first-order chi connectivity index (χ1) is 8.65. The fourth-order valence-corrected chi connectivity index (χ4v) is 2.10. The largest absolute Gasteiger partial charge is 0.441 e. The molecule has 1 amide bonds. The average Bonchev–Trinajstić information content (AvgIpc) is 2.64. The Morgan fingerprint density at radius 1 is 1.50 bits per heavy atom. The third-order valence-electron chi connectivity index (χ3n) is 3.33. The quantitative estimate of drug-likeness (QED) is 0.867. The second-order valence-electron chi connectivity index (χ2n) is 4.64. The summed E-state index contributed by atoms with van der Waals surface area (Å²) in [5.74, 6) is 0.886. The molecule has 18 heavy (non-hydrogen) atoms. The van der Waals surface area contributed by atoms with Crippen LogP contribution >= 0.6 is 0 Å². The highest BCUT2D eigenvalue weighted by Crippen LogP contribution is 2.23. The van der Waals surface area contributed by atoms with E-state index < -0.39 is 0 Å². The number of hydrogen-bond donors (Lipinski definition) is 1. The zero-order valence-corrected chi connectivity index (χ0v) is 10.4. The van der Waals surface area contributed by atoms with Gasteiger partial charge in [-0.05, 0) is 18.2 Å². The van der Waals surface area contributed by atoms with E-state index in [9.17, 15) is 4.79 Å². The molecular weight excluding hydrogens is 230 g/mol. The first-order valence-electron chi connectivity index (χ1n) is 6.00. The molecule has 0 aliphatic carbocycles. The lowest BCUT2D eigenvalue weighted by Crippen LogP contribution is -2.51. The molecule has 1 N–H and O–H groups in total. The minimum Gasteiger partial charge on any atom is -0.441 e. The van der Waals surface area contributed by atoms with Crippen molar-refractivity contribution in [1.29, 1.82) is 0 Å². The zero-order valence-electron chi connectivity index (χ0n) is 10.4. The number of nitrogens with zero attached hydrogens (tertiary/aromatic N) is 2. The van der Waals surface area contributed by atoms with Crippen LogP contribution in [0, 0.1) is 12.8 Å². The number of benzene rings is 1. The molecule has 1 aliphatic heterocycles. The summed E-state index contributed by atoms with van der Waals surface area (Å²) in [6, 6.07) is 5.63. The van der Waals surface area contributed by atoms with E-state index >= 15 is 0 Å². The molecule has 1 saturated heterocycles. The third-order valence-corrected chi connectivity index (χ3v) is 3.33. The fourth-order valence-electron chi connectivity index (χ4n) is 2.10. The van der Waals surface area contributed by atoms with Crippen molar-refractivity contribution in [3.05, 3.63) is 24.1 Å². The van der Waals surface area contributed by atoms with Gasteiger partial charge in [-0.2, -0.15) is 0 Å². The summed E-state index contributed by atoms with van der Waals surface area (Å²) >= 11 is 0. The van der Waals surface area contributed by atoms with Gasteiger partial charge < -0.3 is 14.6 Å². The van der Waals surface area contributed by atoms with Gasteiger partial charge in [-0.1, -0.05) is 0 Å². The molecule has 0 spiro atoms. The van der Waals surface area contributed by atoms with Gasteiger partial charge in [0.2, 0.25) is 5.91 Å². The standard InChI is InChI=1S/C13H15N3O2/c1-8-15-11-5-10(3-4-12(11)18-8)16(2)13(17)9-6-14-7-9/h3-5,9,14H,6-7H2,1-2H3. The molecule has 0 unspecified atom stereocenters. The third kappa shape index (κ3) is 1.76. The Kier molecular flexibility index (Phi) is 2.56. The van der Waals surface area contributed by atoms with Crippen molar-refractivity contribution in [3.8, 4) is 0 Å². The van der Waals surface area contributed by atoms with E-state index in [0.29, 0.717) is 5.89 Å². The Hall–Kier alpha value is -1.88. The minimum absolute atomic E-state index is 0.102. The molecule has 1 aromatic carbocycles. The number of aromatic nitrogens is 1. The maximum atomic E-state index is 12.1. The molecule has 5 nitrogen and oxygen atoms in total. The Bertz CT molecular complexity index is 601. The van der Waals surface area contributed by atoms with E-state index in [4.69, 9.17) is 4.42 Å². The van der Waals surface area contributed by atoms with Gasteiger partial charge >= 0.3 is 0 Å². The summed E-state index contributed by atoms with van der Waals surface area (Å²) < 4.78 is 5.42. The molecule has 0 atom stereocenters. The summed E-state index contributed by atoms with van der Waals surface area (Å²) in [6.45, 7) is 3.36. The lowest BCUT2D eigenvalue weighted by molar-refractivity contribution is -0.123. The molecule has 5 heteroatoms. The van der Waals surface area contributed by atoms with Crippen LogP contribution in [0.15, 0.2) is 22.6 Å². The molecule has 0 bridgehead atoms. The highest BCUT2D eigenvalue weighted by atomic mass is 16.3. The lowest BCUT2D eigenvalue weighted by Gasteiger charge is -2.30. The summed E-state index contributed by atoms with van der Waals surface area (Å²) in [5.41, 5.74) is 2.39. The normalized spacial score (nSPS) is 15.7. The number of carbonyl (C=O) groups is 1. The van der Waals surface area contributed by atoms with Gasteiger partial charge in [0.15, 0.2) is 11.5 Å². The number of aryl methyl sites for hydroxylation is 1. The average molecular weight is 245 g/mol. The summed E-state index contributed by atoms with van der Waals surface area (Å²) in [6.07, 6.45) is 0.